The fourth-order valence-electron chi connectivity index (χ4n) is 3.15. The van der Waals surface area contributed by atoms with Crippen molar-refractivity contribution in [3.8, 4) is 0 Å². The van der Waals surface area contributed by atoms with Crippen molar-refractivity contribution in [2.75, 3.05) is 13.1 Å². The van der Waals surface area contributed by atoms with E-state index < -0.39 is 0 Å². The Labute approximate surface area is 136 Å². The number of likely N-dealkylation sites (tertiary alicyclic amines) is 1. The molecule has 2 aromatic heterocycles. The Bertz CT molecular complexity index is 582. The number of thiophene rings is 1. The Morgan fingerprint density at radius 2 is 2.32 bits per heavy atom. The molecule has 0 saturated carbocycles. The summed E-state index contributed by atoms with van der Waals surface area (Å²) in [6.07, 6.45) is 8.63. The molecule has 1 unspecified atom stereocenters. The second-order valence-corrected chi connectivity index (χ2v) is 7.03. The number of pyridine rings is 1. The average Bonchev–Trinajstić information content (AvgIpc) is 3.07. The highest BCUT2D eigenvalue weighted by atomic mass is 32.1. The van der Waals surface area contributed by atoms with Crippen LogP contribution in [0.1, 0.15) is 29.7 Å². The van der Waals surface area contributed by atoms with Crippen molar-refractivity contribution >= 4 is 17.2 Å². The van der Waals surface area contributed by atoms with Gasteiger partial charge in [-0.25, -0.2) is 0 Å². The maximum Gasteiger partial charge on any atom is 0.222 e. The molecule has 2 aromatic rings. The highest BCUT2D eigenvalue weighted by Gasteiger charge is 2.23. The minimum Gasteiger partial charge on any atom is -0.342 e. The summed E-state index contributed by atoms with van der Waals surface area (Å²) in [7, 11) is 0. The van der Waals surface area contributed by atoms with Crippen LogP contribution in [0.25, 0.3) is 0 Å². The van der Waals surface area contributed by atoms with Crippen LogP contribution in [0.2, 0.25) is 0 Å². The van der Waals surface area contributed by atoms with Gasteiger partial charge in [0.25, 0.3) is 0 Å². The molecule has 3 rings (SSSR count). The first-order chi connectivity index (χ1) is 10.8. The fraction of sp³-hybridized carbons (Fsp3) is 0.444. The minimum absolute atomic E-state index is 0.310. The smallest absolute Gasteiger partial charge is 0.222 e. The molecule has 0 radical (unpaired) electrons. The van der Waals surface area contributed by atoms with E-state index in [0.29, 0.717) is 18.2 Å². The molecule has 0 N–H and O–H groups in total. The zero-order valence-electron chi connectivity index (χ0n) is 12.8. The molecule has 1 aliphatic rings. The monoisotopic (exact) mass is 314 g/mol. The second kappa shape index (κ2) is 7.54. The quantitative estimate of drug-likeness (QED) is 0.845. The van der Waals surface area contributed by atoms with Gasteiger partial charge in [-0.05, 0) is 54.7 Å². The molecule has 1 aliphatic heterocycles. The molecule has 3 nitrogen and oxygen atoms in total. The Hall–Kier alpha value is -1.68. The van der Waals surface area contributed by atoms with E-state index in [4.69, 9.17) is 0 Å². The molecule has 0 spiro atoms. The molecule has 1 atom stereocenters. The predicted molar refractivity (Wildman–Crippen MR) is 89.9 cm³/mol. The summed E-state index contributed by atoms with van der Waals surface area (Å²) < 4.78 is 0. The first kappa shape index (κ1) is 15.2. The molecule has 0 aliphatic carbocycles. The highest BCUT2D eigenvalue weighted by Crippen LogP contribution is 2.21. The van der Waals surface area contributed by atoms with Gasteiger partial charge in [0.05, 0.1) is 0 Å². The van der Waals surface area contributed by atoms with Gasteiger partial charge in [-0.2, -0.15) is 0 Å². The third-order valence-corrected chi connectivity index (χ3v) is 5.22. The van der Waals surface area contributed by atoms with Crippen molar-refractivity contribution in [2.45, 2.75) is 32.1 Å². The maximum atomic E-state index is 12.4. The highest BCUT2D eigenvalue weighted by molar-refractivity contribution is 7.09. The number of hydrogen-bond acceptors (Lipinski definition) is 3. The summed E-state index contributed by atoms with van der Waals surface area (Å²) in [4.78, 5) is 20.0. The van der Waals surface area contributed by atoms with Gasteiger partial charge in [0.15, 0.2) is 0 Å². The van der Waals surface area contributed by atoms with E-state index in [1.165, 1.54) is 16.9 Å². The van der Waals surface area contributed by atoms with Crippen molar-refractivity contribution in [1.29, 1.82) is 0 Å². The molecule has 1 saturated heterocycles. The lowest BCUT2D eigenvalue weighted by Gasteiger charge is -2.33. The van der Waals surface area contributed by atoms with Gasteiger partial charge in [-0.1, -0.05) is 12.1 Å². The van der Waals surface area contributed by atoms with Crippen LogP contribution in [0.3, 0.4) is 0 Å². The number of aryl methyl sites for hydroxylation is 1. The van der Waals surface area contributed by atoms with Crippen molar-refractivity contribution in [2.24, 2.45) is 5.92 Å². The lowest BCUT2D eigenvalue weighted by molar-refractivity contribution is -0.132. The number of piperidine rings is 1. The van der Waals surface area contributed by atoms with Crippen LogP contribution in [0.5, 0.6) is 0 Å². The number of amides is 1. The van der Waals surface area contributed by atoms with E-state index in [-0.39, 0.29) is 0 Å². The molecule has 116 valence electrons. The molecule has 0 aromatic carbocycles. The fourth-order valence-corrected chi connectivity index (χ4v) is 3.86. The van der Waals surface area contributed by atoms with Crippen molar-refractivity contribution in [3.05, 3.63) is 52.5 Å². The zero-order chi connectivity index (χ0) is 15.2. The van der Waals surface area contributed by atoms with Crippen LogP contribution in [0, 0.1) is 5.92 Å². The average molecular weight is 314 g/mol. The van der Waals surface area contributed by atoms with E-state index in [2.05, 4.69) is 33.5 Å². The first-order valence-corrected chi connectivity index (χ1v) is 8.88. The standard InChI is InChI=1S/C18H22N2OS/c21-18(8-7-17-6-3-11-22-17)20-10-2-5-16(14-20)12-15-4-1-9-19-13-15/h1,3-4,6,9,11,13,16H,2,5,7-8,10,12,14H2. The molecule has 4 heteroatoms. The zero-order valence-corrected chi connectivity index (χ0v) is 13.6. The van der Waals surface area contributed by atoms with E-state index in [0.717, 1.165) is 32.4 Å². The van der Waals surface area contributed by atoms with Gasteiger partial charge in [-0.15, -0.1) is 11.3 Å². The summed E-state index contributed by atoms with van der Waals surface area (Å²) in [5.74, 6) is 0.882. The number of carbonyl (C=O) groups is 1. The van der Waals surface area contributed by atoms with Crippen molar-refractivity contribution in [3.63, 3.8) is 0 Å². The topological polar surface area (TPSA) is 33.2 Å². The van der Waals surface area contributed by atoms with Gasteiger partial charge in [0.2, 0.25) is 5.91 Å². The summed E-state index contributed by atoms with van der Waals surface area (Å²) >= 11 is 1.74. The van der Waals surface area contributed by atoms with Gasteiger partial charge < -0.3 is 4.90 Å². The summed E-state index contributed by atoms with van der Waals surface area (Å²) in [5.41, 5.74) is 1.28. The maximum absolute atomic E-state index is 12.4. The molecule has 22 heavy (non-hydrogen) atoms. The van der Waals surface area contributed by atoms with Crippen LogP contribution in [0.4, 0.5) is 0 Å². The van der Waals surface area contributed by atoms with Crippen LogP contribution in [-0.2, 0) is 17.6 Å². The lowest BCUT2D eigenvalue weighted by Crippen LogP contribution is -2.40. The van der Waals surface area contributed by atoms with Gasteiger partial charge in [0.1, 0.15) is 0 Å². The third kappa shape index (κ3) is 4.17. The van der Waals surface area contributed by atoms with Crippen LogP contribution >= 0.6 is 11.3 Å². The molecule has 1 fully saturated rings. The number of hydrogen-bond donors (Lipinski definition) is 0. The molecule has 1 amide bonds. The Morgan fingerprint density at radius 1 is 1.36 bits per heavy atom. The Morgan fingerprint density at radius 3 is 3.09 bits per heavy atom. The summed E-state index contributed by atoms with van der Waals surface area (Å²) in [6.45, 7) is 1.82. The number of carbonyl (C=O) groups excluding carboxylic acids is 1. The van der Waals surface area contributed by atoms with Crippen LogP contribution in [0.15, 0.2) is 42.0 Å². The largest absolute Gasteiger partial charge is 0.342 e. The van der Waals surface area contributed by atoms with Crippen LogP contribution < -0.4 is 0 Å². The van der Waals surface area contributed by atoms with E-state index in [9.17, 15) is 4.79 Å². The predicted octanol–water partition coefficient (Wildman–Crippen LogP) is 3.56. The van der Waals surface area contributed by atoms with Crippen molar-refractivity contribution in [1.82, 2.24) is 9.88 Å². The molecule has 0 bridgehead atoms. The number of rotatable bonds is 5. The third-order valence-electron chi connectivity index (χ3n) is 4.28. The van der Waals surface area contributed by atoms with E-state index >= 15 is 0 Å². The second-order valence-electron chi connectivity index (χ2n) is 5.99. The molecular weight excluding hydrogens is 292 g/mol. The number of aromatic nitrogens is 1. The minimum atomic E-state index is 0.310. The summed E-state index contributed by atoms with van der Waals surface area (Å²) in [5, 5.41) is 2.07. The van der Waals surface area contributed by atoms with Gasteiger partial charge >= 0.3 is 0 Å². The van der Waals surface area contributed by atoms with E-state index in [1.54, 1.807) is 11.3 Å². The Balaban J connectivity index is 1.50. The Kier molecular flexibility index (Phi) is 5.22. The molecular formula is C18H22N2OS. The molecule has 3 heterocycles. The summed E-state index contributed by atoms with van der Waals surface area (Å²) in [6, 6.07) is 8.28. The number of nitrogens with zero attached hydrogens (tertiary/aromatic N) is 2. The van der Waals surface area contributed by atoms with Gasteiger partial charge in [-0.3, -0.25) is 9.78 Å². The lowest BCUT2D eigenvalue weighted by atomic mass is 9.91. The van der Waals surface area contributed by atoms with Crippen LogP contribution in [-0.4, -0.2) is 28.9 Å². The SMILES string of the molecule is O=C(CCc1cccs1)N1CCCC(Cc2cccnc2)C1. The normalized spacial score (nSPS) is 18.4. The first-order valence-electron chi connectivity index (χ1n) is 8.00. The van der Waals surface area contributed by atoms with Crippen molar-refractivity contribution < 1.29 is 4.79 Å². The van der Waals surface area contributed by atoms with Gasteiger partial charge in [0, 0.05) is 36.8 Å². The van der Waals surface area contributed by atoms with E-state index in [1.807, 2.05) is 18.5 Å².